The SMILES string of the molecule is CC(C)N(CCC1N=NN=N1)C(C)C. The molecular formula is C9H19N5. The summed E-state index contributed by atoms with van der Waals surface area (Å²) in [7, 11) is 0. The number of hydrogen-bond donors (Lipinski definition) is 0. The van der Waals surface area contributed by atoms with E-state index in [1.165, 1.54) is 0 Å². The fraction of sp³-hybridized carbons (Fsp3) is 1.00. The van der Waals surface area contributed by atoms with Gasteiger partial charge in [-0.25, -0.2) is 0 Å². The molecule has 14 heavy (non-hydrogen) atoms. The van der Waals surface area contributed by atoms with Crippen LogP contribution in [0.3, 0.4) is 0 Å². The van der Waals surface area contributed by atoms with Gasteiger partial charge in [0.1, 0.15) is 0 Å². The Hall–Kier alpha value is -0.840. The van der Waals surface area contributed by atoms with Crippen molar-refractivity contribution in [3.63, 3.8) is 0 Å². The van der Waals surface area contributed by atoms with Gasteiger partial charge in [-0.05, 0) is 38.1 Å². The third-order valence-corrected chi connectivity index (χ3v) is 2.38. The maximum Gasteiger partial charge on any atom is 0.186 e. The first-order chi connectivity index (χ1) is 6.61. The predicted octanol–water partition coefficient (Wildman–Crippen LogP) is 2.65. The lowest BCUT2D eigenvalue weighted by Gasteiger charge is -2.30. The highest BCUT2D eigenvalue weighted by Gasteiger charge is 2.16. The summed E-state index contributed by atoms with van der Waals surface area (Å²) >= 11 is 0. The van der Waals surface area contributed by atoms with E-state index < -0.39 is 0 Å². The van der Waals surface area contributed by atoms with Gasteiger partial charge in [-0.1, -0.05) is 0 Å². The average Bonchev–Trinajstić information content (AvgIpc) is 2.55. The molecular weight excluding hydrogens is 178 g/mol. The standard InChI is InChI=1S/C9H19N5/c1-7(2)14(8(3)4)6-5-9-10-12-13-11-9/h7-9H,5-6H2,1-4H3. The zero-order valence-electron chi connectivity index (χ0n) is 9.38. The van der Waals surface area contributed by atoms with Crippen LogP contribution in [-0.4, -0.2) is 29.7 Å². The zero-order valence-corrected chi connectivity index (χ0v) is 9.38. The molecule has 0 bridgehead atoms. The van der Waals surface area contributed by atoms with Crippen molar-refractivity contribution >= 4 is 0 Å². The van der Waals surface area contributed by atoms with Crippen LogP contribution >= 0.6 is 0 Å². The fourth-order valence-electron chi connectivity index (χ4n) is 1.68. The Labute approximate surface area is 85.3 Å². The van der Waals surface area contributed by atoms with Crippen molar-refractivity contribution < 1.29 is 0 Å². The van der Waals surface area contributed by atoms with Crippen LogP contribution in [0.15, 0.2) is 20.7 Å². The Morgan fingerprint density at radius 2 is 1.50 bits per heavy atom. The normalized spacial score (nSPS) is 16.8. The lowest BCUT2D eigenvalue weighted by Crippen LogP contribution is -2.38. The highest BCUT2D eigenvalue weighted by atomic mass is 15.6. The van der Waals surface area contributed by atoms with E-state index >= 15 is 0 Å². The third-order valence-electron chi connectivity index (χ3n) is 2.38. The second kappa shape index (κ2) is 5.14. The Kier molecular flexibility index (Phi) is 4.13. The Bertz CT molecular complexity index is 201. The summed E-state index contributed by atoms with van der Waals surface area (Å²) in [6.07, 6.45) is 0.860. The van der Waals surface area contributed by atoms with E-state index in [4.69, 9.17) is 0 Å². The predicted molar refractivity (Wildman–Crippen MR) is 55.1 cm³/mol. The Morgan fingerprint density at radius 3 is 1.93 bits per heavy atom. The van der Waals surface area contributed by atoms with E-state index in [-0.39, 0.29) is 6.17 Å². The summed E-state index contributed by atoms with van der Waals surface area (Å²) in [5.41, 5.74) is 0. The van der Waals surface area contributed by atoms with Crippen molar-refractivity contribution in [2.45, 2.75) is 52.4 Å². The number of rotatable bonds is 5. The van der Waals surface area contributed by atoms with Crippen LogP contribution in [0.4, 0.5) is 0 Å². The lowest BCUT2D eigenvalue weighted by atomic mass is 10.2. The average molecular weight is 197 g/mol. The Balaban J connectivity index is 2.33. The molecule has 0 aromatic carbocycles. The first kappa shape index (κ1) is 11.2. The van der Waals surface area contributed by atoms with Gasteiger partial charge < -0.3 is 0 Å². The molecule has 0 saturated heterocycles. The summed E-state index contributed by atoms with van der Waals surface area (Å²) < 4.78 is 0. The van der Waals surface area contributed by atoms with Gasteiger partial charge >= 0.3 is 0 Å². The summed E-state index contributed by atoms with van der Waals surface area (Å²) in [5.74, 6) is 0. The van der Waals surface area contributed by atoms with Gasteiger partial charge in [-0.15, -0.1) is 10.2 Å². The summed E-state index contributed by atoms with van der Waals surface area (Å²) in [6.45, 7) is 9.82. The largest absolute Gasteiger partial charge is 0.298 e. The van der Waals surface area contributed by atoms with E-state index in [1.54, 1.807) is 0 Å². The van der Waals surface area contributed by atoms with Crippen molar-refractivity contribution in [1.29, 1.82) is 0 Å². The van der Waals surface area contributed by atoms with E-state index in [2.05, 4.69) is 53.3 Å². The van der Waals surface area contributed by atoms with E-state index in [0.29, 0.717) is 12.1 Å². The fourth-order valence-corrected chi connectivity index (χ4v) is 1.68. The van der Waals surface area contributed by atoms with Crippen LogP contribution in [0.2, 0.25) is 0 Å². The van der Waals surface area contributed by atoms with Crippen molar-refractivity contribution in [3.05, 3.63) is 0 Å². The molecule has 0 saturated carbocycles. The maximum atomic E-state index is 3.89. The molecule has 0 aromatic heterocycles. The second-order valence-corrected chi connectivity index (χ2v) is 4.10. The first-order valence-corrected chi connectivity index (χ1v) is 5.17. The van der Waals surface area contributed by atoms with Gasteiger partial charge in [0.25, 0.3) is 0 Å². The molecule has 0 aromatic rings. The molecule has 0 amide bonds. The molecule has 1 rings (SSSR count). The van der Waals surface area contributed by atoms with Crippen LogP contribution in [0.1, 0.15) is 34.1 Å². The molecule has 80 valence electrons. The van der Waals surface area contributed by atoms with Crippen LogP contribution in [0.25, 0.3) is 0 Å². The monoisotopic (exact) mass is 197 g/mol. The minimum Gasteiger partial charge on any atom is -0.298 e. The van der Waals surface area contributed by atoms with E-state index in [0.717, 1.165) is 13.0 Å². The molecule has 0 unspecified atom stereocenters. The van der Waals surface area contributed by atoms with Crippen LogP contribution < -0.4 is 0 Å². The topological polar surface area (TPSA) is 52.7 Å². The van der Waals surface area contributed by atoms with Crippen LogP contribution in [0, 0.1) is 0 Å². The molecule has 0 atom stereocenters. The molecule has 5 nitrogen and oxygen atoms in total. The van der Waals surface area contributed by atoms with E-state index in [1.807, 2.05) is 0 Å². The smallest absolute Gasteiger partial charge is 0.186 e. The van der Waals surface area contributed by atoms with Crippen molar-refractivity contribution in [1.82, 2.24) is 4.90 Å². The van der Waals surface area contributed by atoms with Gasteiger partial charge in [0.2, 0.25) is 0 Å². The highest BCUT2D eigenvalue weighted by molar-refractivity contribution is 4.71. The molecule has 0 fully saturated rings. The lowest BCUT2D eigenvalue weighted by molar-refractivity contribution is 0.169. The quantitative estimate of drug-likeness (QED) is 0.668. The van der Waals surface area contributed by atoms with Gasteiger partial charge in [-0.3, -0.25) is 4.90 Å². The molecule has 0 aliphatic carbocycles. The van der Waals surface area contributed by atoms with Crippen LogP contribution in [-0.2, 0) is 0 Å². The molecule has 1 aliphatic heterocycles. The molecule has 0 spiro atoms. The number of hydrogen-bond acceptors (Lipinski definition) is 5. The number of nitrogens with zero attached hydrogens (tertiary/aromatic N) is 5. The van der Waals surface area contributed by atoms with Crippen molar-refractivity contribution in [2.24, 2.45) is 20.7 Å². The minimum absolute atomic E-state index is 0.0463. The molecule has 0 N–H and O–H groups in total. The summed E-state index contributed by atoms with van der Waals surface area (Å²) in [5, 5.41) is 14.8. The van der Waals surface area contributed by atoms with Crippen LogP contribution in [0.5, 0.6) is 0 Å². The molecule has 1 heterocycles. The van der Waals surface area contributed by atoms with Crippen molar-refractivity contribution in [3.8, 4) is 0 Å². The zero-order chi connectivity index (χ0) is 10.6. The molecule has 5 heteroatoms. The molecule has 0 radical (unpaired) electrons. The van der Waals surface area contributed by atoms with Gasteiger partial charge in [0, 0.05) is 25.0 Å². The third kappa shape index (κ3) is 3.14. The van der Waals surface area contributed by atoms with Gasteiger partial charge in [0.15, 0.2) is 6.17 Å². The first-order valence-electron chi connectivity index (χ1n) is 5.17. The van der Waals surface area contributed by atoms with Gasteiger partial charge in [0.05, 0.1) is 0 Å². The van der Waals surface area contributed by atoms with Gasteiger partial charge in [-0.2, -0.15) is 0 Å². The van der Waals surface area contributed by atoms with E-state index in [9.17, 15) is 0 Å². The summed E-state index contributed by atoms with van der Waals surface area (Å²) in [4.78, 5) is 2.42. The highest BCUT2D eigenvalue weighted by Crippen LogP contribution is 2.12. The minimum atomic E-state index is -0.0463. The second-order valence-electron chi connectivity index (χ2n) is 4.10. The van der Waals surface area contributed by atoms with Crippen molar-refractivity contribution in [2.75, 3.05) is 6.54 Å². The molecule has 1 aliphatic rings. The summed E-state index contributed by atoms with van der Waals surface area (Å²) in [6, 6.07) is 1.12. The Morgan fingerprint density at radius 1 is 1.00 bits per heavy atom. The maximum absolute atomic E-state index is 3.89.